The second-order valence-electron chi connectivity index (χ2n) is 4.51. The summed E-state index contributed by atoms with van der Waals surface area (Å²) in [4.78, 5) is 0. The largest absolute Gasteiger partial charge is 0.325 e. The summed E-state index contributed by atoms with van der Waals surface area (Å²) in [5.74, 6) is 0.658. The zero-order valence-corrected chi connectivity index (χ0v) is 9.08. The van der Waals surface area contributed by atoms with Crippen LogP contribution in [0.2, 0.25) is 0 Å². The third-order valence-electron chi connectivity index (χ3n) is 2.82. The van der Waals surface area contributed by atoms with E-state index >= 15 is 0 Å². The van der Waals surface area contributed by atoms with Crippen molar-refractivity contribution in [2.24, 2.45) is 11.7 Å². The summed E-state index contributed by atoms with van der Waals surface area (Å²) in [6, 6.07) is 0. The Morgan fingerprint density at radius 3 is 2.86 bits per heavy atom. The van der Waals surface area contributed by atoms with Gasteiger partial charge in [0, 0.05) is 18.8 Å². The summed E-state index contributed by atoms with van der Waals surface area (Å²) in [6.07, 6.45) is 3.65. The molecule has 0 atom stereocenters. The molecular formula is C11H19N3. The number of hydrogen-bond acceptors (Lipinski definition) is 2. The van der Waals surface area contributed by atoms with Crippen molar-refractivity contribution in [1.29, 1.82) is 0 Å². The topological polar surface area (TPSA) is 43.8 Å². The lowest BCUT2D eigenvalue weighted by atomic mass is 10.2. The highest BCUT2D eigenvalue weighted by atomic mass is 15.3. The molecule has 3 nitrogen and oxygen atoms in total. The summed E-state index contributed by atoms with van der Waals surface area (Å²) in [5.41, 5.74) is 9.70. The van der Waals surface area contributed by atoms with Crippen molar-refractivity contribution in [3.8, 4) is 0 Å². The third kappa shape index (κ3) is 1.57. The molecule has 0 aromatic carbocycles. The molecule has 2 N–H and O–H groups in total. The van der Waals surface area contributed by atoms with Crippen molar-refractivity contribution in [3.63, 3.8) is 0 Å². The highest BCUT2D eigenvalue weighted by molar-refractivity contribution is 5.30. The molecular weight excluding hydrogens is 174 g/mol. The zero-order chi connectivity index (χ0) is 10.1. The number of nitrogens with two attached hydrogens (primary N) is 1. The normalized spacial score (nSPS) is 15.1. The van der Waals surface area contributed by atoms with Crippen LogP contribution in [0.25, 0.3) is 0 Å². The molecule has 1 aliphatic carbocycles. The van der Waals surface area contributed by atoms with Crippen LogP contribution in [0.1, 0.15) is 37.2 Å². The average molecular weight is 193 g/mol. The standard InChI is InChI=1S/C11H19N3/c1-8(2)7-14-11-5-3-4-9(11)10(6-12)13-14/h8H,3-7,12H2,1-2H3. The fraction of sp³-hybridized carbons (Fsp3) is 0.727. The molecule has 0 aliphatic heterocycles. The first-order valence-electron chi connectivity index (χ1n) is 5.50. The smallest absolute Gasteiger partial charge is 0.0795 e. The molecule has 14 heavy (non-hydrogen) atoms. The molecule has 0 bridgehead atoms. The highest BCUT2D eigenvalue weighted by Crippen LogP contribution is 2.25. The first-order chi connectivity index (χ1) is 6.72. The number of aromatic nitrogens is 2. The molecule has 78 valence electrons. The van der Waals surface area contributed by atoms with Gasteiger partial charge in [0.1, 0.15) is 0 Å². The number of fused-ring (bicyclic) bond motifs is 1. The molecule has 1 heterocycles. The fourth-order valence-corrected chi connectivity index (χ4v) is 2.25. The Morgan fingerprint density at radius 1 is 1.43 bits per heavy atom. The van der Waals surface area contributed by atoms with Gasteiger partial charge in [-0.1, -0.05) is 13.8 Å². The van der Waals surface area contributed by atoms with Crippen molar-refractivity contribution < 1.29 is 0 Å². The Hall–Kier alpha value is -0.830. The van der Waals surface area contributed by atoms with Gasteiger partial charge in [-0.05, 0) is 30.7 Å². The summed E-state index contributed by atoms with van der Waals surface area (Å²) < 4.78 is 2.18. The molecule has 0 saturated carbocycles. The van der Waals surface area contributed by atoms with E-state index in [0.717, 1.165) is 12.2 Å². The molecule has 0 amide bonds. The average Bonchev–Trinajstić information content (AvgIpc) is 2.67. The van der Waals surface area contributed by atoms with Gasteiger partial charge < -0.3 is 5.73 Å². The van der Waals surface area contributed by atoms with E-state index in [1.165, 1.54) is 30.5 Å². The van der Waals surface area contributed by atoms with Gasteiger partial charge in [0.15, 0.2) is 0 Å². The second-order valence-corrected chi connectivity index (χ2v) is 4.51. The minimum Gasteiger partial charge on any atom is -0.325 e. The van der Waals surface area contributed by atoms with Gasteiger partial charge >= 0.3 is 0 Å². The van der Waals surface area contributed by atoms with E-state index in [4.69, 9.17) is 5.73 Å². The number of nitrogens with zero attached hydrogens (tertiary/aromatic N) is 2. The van der Waals surface area contributed by atoms with Crippen LogP contribution < -0.4 is 5.73 Å². The monoisotopic (exact) mass is 193 g/mol. The Balaban J connectivity index is 2.32. The van der Waals surface area contributed by atoms with Crippen LogP contribution >= 0.6 is 0 Å². The maximum Gasteiger partial charge on any atom is 0.0795 e. The van der Waals surface area contributed by atoms with E-state index in [1.54, 1.807) is 0 Å². The van der Waals surface area contributed by atoms with Crippen molar-refractivity contribution in [1.82, 2.24) is 9.78 Å². The molecule has 0 saturated heterocycles. The Bertz CT molecular complexity index is 326. The predicted molar refractivity (Wildman–Crippen MR) is 57.0 cm³/mol. The molecule has 1 aromatic rings. The van der Waals surface area contributed by atoms with Crippen LogP contribution in [0.5, 0.6) is 0 Å². The van der Waals surface area contributed by atoms with Crippen LogP contribution in [0.3, 0.4) is 0 Å². The van der Waals surface area contributed by atoms with Gasteiger partial charge in [0.2, 0.25) is 0 Å². The van der Waals surface area contributed by atoms with Crippen molar-refractivity contribution in [2.45, 2.75) is 46.2 Å². The van der Waals surface area contributed by atoms with Gasteiger partial charge in [-0.25, -0.2) is 0 Å². The van der Waals surface area contributed by atoms with Crippen LogP contribution in [0.15, 0.2) is 0 Å². The lowest BCUT2D eigenvalue weighted by molar-refractivity contribution is 0.466. The van der Waals surface area contributed by atoms with E-state index in [9.17, 15) is 0 Å². The van der Waals surface area contributed by atoms with E-state index in [1.807, 2.05) is 0 Å². The van der Waals surface area contributed by atoms with E-state index < -0.39 is 0 Å². The zero-order valence-electron chi connectivity index (χ0n) is 9.08. The quantitative estimate of drug-likeness (QED) is 0.790. The molecule has 3 heteroatoms. The molecule has 2 rings (SSSR count). The van der Waals surface area contributed by atoms with Gasteiger partial charge in [-0.15, -0.1) is 0 Å². The molecule has 1 aliphatic rings. The van der Waals surface area contributed by atoms with Crippen LogP contribution in [-0.2, 0) is 25.9 Å². The maximum atomic E-state index is 5.69. The van der Waals surface area contributed by atoms with Crippen LogP contribution in [0, 0.1) is 5.92 Å². The molecule has 0 unspecified atom stereocenters. The van der Waals surface area contributed by atoms with Gasteiger partial charge in [0.05, 0.1) is 5.69 Å². The molecule has 0 spiro atoms. The molecule has 1 aromatic heterocycles. The number of hydrogen-bond donors (Lipinski definition) is 1. The van der Waals surface area contributed by atoms with Crippen molar-refractivity contribution in [2.75, 3.05) is 0 Å². The third-order valence-corrected chi connectivity index (χ3v) is 2.82. The SMILES string of the molecule is CC(C)Cn1nc(CN)c2c1CCC2. The van der Waals surface area contributed by atoms with Crippen molar-refractivity contribution in [3.05, 3.63) is 17.0 Å². The van der Waals surface area contributed by atoms with E-state index in [2.05, 4.69) is 23.6 Å². The van der Waals surface area contributed by atoms with Gasteiger partial charge in [-0.3, -0.25) is 4.68 Å². The first kappa shape index (κ1) is 9.71. The van der Waals surface area contributed by atoms with Crippen molar-refractivity contribution >= 4 is 0 Å². The summed E-state index contributed by atoms with van der Waals surface area (Å²) in [5, 5.41) is 4.58. The highest BCUT2D eigenvalue weighted by Gasteiger charge is 2.21. The van der Waals surface area contributed by atoms with E-state index in [-0.39, 0.29) is 0 Å². The van der Waals surface area contributed by atoms with Gasteiger partial charge in [0.25, 0.3) is 0 Å². The lowest BCUT2D eigenvalue weighted by Gasteiger charge is -2.07. The molecule has 0 radical (unpaired) electrons. The van der Waals surface area contributed by atoms with Crippen LogP contribution in [-0.4, -0.2) is 9.78 Å². The summed E-state index contributed by atoms with van der Waals surface area (Å²) >= 11 is 0. The Labute approximate surface area is 85.3 Å². The first-order valence-corrected chi connectivity index (χ1v) is 5.50. The predicted octanol–water partition coefficient (Wildman–Crippen LogP) is 1.49. The number of rotatable bonds is 3. The minimum atomic E-state index is 0.591. The lowest BCUT2D eigenvalue weighted by Crippen LogP contribution is -2.10. The second kappa shape index (κ2) is 3.73. The van der Waals surface area contributed by atoms with Gasteiger partial charge in [-0.2, -0.15) is 5.10 Å². The molecule has 0 fully saturated rings. The maximum absolute atomic E-state index is 5.69. The Kier molecular flexibility index (Phi) is 2.59. The fourth-order valence-electron chi connectivity index (χ4n) is 2.25. The van der Waals surface area contributed by atoms with E-state index in [0.29, 0.717) is 12.5 Å². The van der Waals surface area contributed by atoms with Crippen LogP contribution in [0.4, 0.5) is 0 Å². The summed E-state index contributed by atoms with van der Waals surface area (Å²) in [6.45, 7) is 6.08. The Morgan fingerprint density at radius 2 is 2.21 bits per heavy atom. The summed E-state index contributed by atoms with van der Waals surface area (Å²) in [7, 11) is 0. The minimum absolute atomic E-state index is 0.591.